The van der Waals surface area contributed by atoms with Crippen LogP contribution in [0, 0.1) is 5.92 Å². The SMILES string of the molecule is CCCCC/C=C\C/C=C\CCCCCCCC(=O)OCC[C@H](O)CC(CCCCCCCC)CCCCCCCC. The van der Waals surface area contributed by atoms with Crippen molar-refractivity contribution >= 4 is 5.97 Å². The number of ether oxygens (including phenoxy) is 1. The Labute approximate surface area is 263 Å². The first kappa shape index (κ1) is 40.9. The van der Waals surface area contributed by atoms with Crippen LogP contribution in [0.5, 0.6) is 0 Å². The lowest BCUT2D eigenvalue weighted by atomic mass is 9.89. The van der Waals surface area contributed by atoms with Crippen LogP contribution in [0.1, 0.15) is 201 Å². The molecule has 0 aliphatic rings. The average Bonchev–Trinajstić information content (AvgIpc) is 2.98. The summed E-state index contributed by atoms with van der Waals surface area (Å²) in [6, 6.07) is 0. The number of aliphatic hydroxyl groups excluding tert-OH is 1. The highest BCUT2D eigenvalue weighted by molar-refractivity contribution is 5.69. The fourth-order valence-corrected chi connectivity index (χ4v) is 5.77. The van der Waals surface area contributed by atoms with Crippen LogP contribution in [0.15, 0.2) is 24.3 Å². The van der Waals surface area contributed by atoms with Crippen molar-refractivity contribution in [1.82, 2.24) is 0 Å². The lowest BCUT2D eigenvalue weighted by molar-refractivity contribution is -0.144. The molecular weight excluding hydrogens is 516 g/mol. The summed E-state index contributed by atoms with van der Waals surface area (Å²) in [5.41, 5.74) is 0. The zero-order valence-corrected chi connectivity index (χ0v) is 28.7. The number of esters is 1. The van der Waals surface area contributed by atoms with Gasteiger partial charge in [-0.3, -0.25) is 4.79 Å². The van der Waals surface area contributed by atoms with Gasteiger partial charge in [-0.15, -0.1) is 0 Å². The highest BCUT2D eigenvalue weighted by Gasteiger charge is 2.15. The second-order valence-electron chi connectivity index (χ2n) is 12.9. The van der Waals surface area contributed by atoms with E-state index in [0.717, 1.165) is 32.1 Å². The maximum atomic E-state index is 12.2. The minimum atomic E-state index is -0.348. The number of unbranched alkanes of at least 4 members (excludes halogenated alkanes) is 18. The summed E-state index contributed by atoms with van der Waals surface area (Å²) < 4.78 is 5.47. The number of carbonyl (C=O) groups is 1. The summed E-state index contributed by atoms with van der Waals surface area (Å²) in [6.45, 7) is 7.15. The van der Waals surface area contributed by atoms with E-state index in [0.29, 0.717) is 25.4 Å². The molecule has 0 aliphatic heterocycles. The van der Waals surface area contributed by atoms with Crippen LogP contribution < -0.4 is 0 Å². The molecule has 0 spiro atoms. The second-order valence-corrected chi connectivity index (χ2v) is 12.9. The number of carbonyl (C=O) groups excluding carboxylic acids is 1. The van der Waals surface area contributed by atoms with Crippen LogP contribution in [-0.4, -0.2) is 23.8 Å². The molecule has 42 heavy (non-hydrogen) atoms. The lowest BCUT2D eigenvalue weighted by Gasteiger charge is -2.20. The summed E-state index contributed by atoms with van der Waals surface area (Å²) in [4.78, 5) is 12.2. The molecule has 3 heteroatoms. The third-order valence-electron chi connectivity index (χ3n) is 8.58. The monoisotopic (exact) mass is 591 g/mol. The van der Waals surface area contributed by atoms with Crippen molar-refractivity contribution in [2.75, 3.05) is 6.61 Å². The summed E-state index contributed by atoms with van der Waals surface area (Å²) in [5.74, 6) is 0.518. The van der Waals surface area contributed by atoms with Gasteiger partial charge in [-0.2, -0.15) is 0 Å². The second kappa shape index (κ2) is 34.4. The third-order valence-corrected chi connectivity index (χ3v) is 8.58. The lowest BCUT2D eigenvalue weighted by Crippen LogP contribution is -2.17. The number of aliphatic hydroxyl groups is 1. The Morgan fingerprint density at radius 3 is 1.60 bits per heavy atom. The molecule has 1 N–H and O–H groups in total. The van der Waals surface area contributed by atoms with E-state index in [9.17, 15) is 9.90 Å². The fourth-order valence-electron chi connectivity index (χ4n) is 5.77. The Balaban J connectivity index is 3.90. The predicted molar refractivity (Wildman–Crippen MR) is 185 cm³/mol. The quantitative estimate of drug-likeness (QED) is 0.0470. The Morgan fingerprint density at radius 2 is 1.02 bits per heavy atom. The molecule has 0 amide bonds. The van der Waals surface area contributed by atoms with Gasteiger partial charge in [0.25, 0.3) is 0 Å². The van der Waals surface area contributed by atoms with Crippen LogP contribution >= 0.6 is 0 Å². The van der Waals surface area contributed by atoms with Crippen molar-refractivity contribution in [1.29, 1.82) is 0 Å². The largest absolute Gasteiger partial charge is 0.466 e. The highest BCUT2D eigenvalue weighted by atomic mass is 16.5. The molecule has 0 aromatic heterocycles. The van der Waals surface area contributed by atoms with E-state index in [-0.39, 0.29) is 12.1 Å². The van der Waals surface area contributed by atoms with Gasteiger partial charge in [0.15, 0.2) is 0 Å². The number of hydrogen-bond donors (Lipinski definition) is 1. The fraction of sp³-hybridized carbons (Fsp3) is 0.872. The summed E-state index contributed by atoms with van der Waals surface area (Å²) >= 11 is 0. The minimum Gasteiger partial charge on any atom is -0.466 e. The summed E-state index contributed by atoms with van der Waals surface area (Å²) in [7, 11) is 0. The third kappa shape index (κ3) is 31.8. The van der Waals surface area contributed by atoms with Crippen molar-refractivity contribution in [2.45, 2.75) is 207 Å². The van der Waals surface area contributed by atoms with E-state index >= 15 is 0 Å². The van der Waals surface area contributed by atoms with E-state index in [1.807, 2.05) is 0 Å². The van der Waals surface area contributed by atoms with Crippen molar-refractivity contribution < 1.29 is 14.6 Å². The molecular formula is C39H74O3. The molecule has 0 saturated heterocycles. The number of rotatable bonds is 33. The van der Waals surface area contributed by atoms with Gasteiger partial charge < -0.3 is 9.84 Å². The molecule has 0 radical (unpaired) electrons. The van der Waals surface area contributed by atoms with Crippen molar-refractivity contribution in [3.63, 3.8) is 0 Å². The smallest absolute Gasteiger partial charge is 0.305 e. The van der Waals surface area contributed by atoms with Crippen LogP contribution in [0.3, 0.4) is 0 Å². The van der Waals surface area contributed by atoms with Gasteiger partial charge in [-0.25, -0.2) is 0 Å². The van der Waals surface area contributed by atoms with Crippen molar-refractivity contribution in [3.05, 3.63) is 24.3 Å². The standard InChI is InChI=1S/C39H74O3/c1-4-7-10-13-16-17-18-19-20-21-22-23-24-27-30-33-39(41)42-35-34-38(40)36-37(31-28-25-14-11-8-5-2)32-29-26-15-12-9-6-3/h16-17,19-20,37-38,40H,4-15,18,21-36H2,1-3H3/b17-16-,20-19-/t38-/m0/s1. The normalized spacial score (nSPS) is 12.7. The van der Waals surface area contributed by atoms with Gasteiger partial charge in [0.2, 0.25) is 0 Å². The minimum absolute atomic E-state index is 0.0939. The van der Waals surface area contributed by atoms with E-state index in [1.165, 1.54) is 135 Å². The average molecular weight is 591 g/mol. The topological polar surface area (TPSA) is 46.5 Å². The first-order valence-corrected chi connectivity index (χ1v) is 18.8. The highest BCUT2D eigenvalue weighted by Crippen LogP contribution is 2.24. The van der Waals surface area contributed by atoms with E-state index in [1.54, 1.807) is 0 Å². The van der Waals surface area contributed by atoms with Crippen LogP contribution in [0.25, 0.3) is 0 Å². The number of allylic oxidation sites excluding steroid dienone is 4. The zero-order valence-electron chi connectivity index (χ0n) is 28.7. The van der Waals surface area contributed by atoms with Gasteiger partial charge in [0.05, 0.1) is 12.7 Å². The molecule has 248 valence electrons. The molecule has 0 bridgehead atoms. The molecule has 1 atom stereocenters. The van der Waals surface area contributed by atoms with Crippen molar-refractivity contribution in [2.24, 2.45) is 5.92 Å². The maximum Gasteiger partial charge on any atom is 0.305 e. The Bertz CT molecular complexity index is 580. The van der Waals surface area contributed by atoms with E-state index in [2.05, 4.69) is 45.1 Å². The molecule has 0 rings (SSSR count). The van der Waals surface area contributed by atoms with Crippen LogP contribution in [0.2, 0.25) is 0 Å². The Hall–Kier alpha value is -1.09. The summed E-state index contributed by atoms with van der Waals surface area (Å²) in [5, 5.41) is 10.7. The molecule has 0 aliphatic carbocycles. The first-order valence-electron chi connectivity index (χ1n) is 18.8. The Kier molecular flexibility index (Phi) is 33.5. The van der Waals surface area contributed by atoms with Gasteiger partial charge in [0, 0.05) is 12.8 Å². The molecule has 0 heterocycles. The van der Waals surface area contributed by atoms with Crippen LogP contribution in [0.4, 0.5) is 0 Å². The van der Waals surface area contributed by atoms with Gasteiger partial charge >= 0.3 is 5.97 Å². The molecule has 3 nitrogen and oxygen atoms in total. The molecule has 0 aromatic carbocycles. The maximum absolute atomic E-state index is 12.2. The first-order chi connectivity index (χ1) is 20.6. The zero-order chi connectivity index (χ0) is 30.8. The van der Waals surface area contributed by atoms with E-state index in [4.69, 9.17) is 4.74 Å². The van der Waals surface area contributed by atoms with Gasteiger partial charge in [-0.1, -0.05) is 167 Å². The summed E-state index contributed by atoms with van der Waals surface area (Å²) in [6.07, 6.45) is 42.3. The molecule has 0 unspecified atom stereocenters. The van der Waals surface area contributed by atoms with Crippen molar-refractivity contribution in [3.8, 4) is 0 Å². The van der Waals surface area contributed by atoms with Crippen LogP contribution in [-0.2, 0) is 9.53 Å². The number of hydrogen-bond acceptors (Lipinski definition) is 3. The van der Waals surface area contributed by atoms with Gasteiger partial charge in [-0.05, 0) is 50.9 Å². The van der Waals surface area contributed by atoms with Gasteiger partial charge in [0.1, 0.15) is 0 Å². The van der Waals surface area contributed by atoms with E-state index < -0.39 is 0 Å². The predicted octanol–water partition coefficient (Wildman–Crippen LogP) is 12.6. The Morgan fingerprint density at radius 1 is 0.571 bits per heavy atom. The molecule has 0 aromatic rings. The molecule has 0 fully saturated rings. The molecule has 0 saturated carbocycles.